The average Bonchev–Trinajstić information content (AvgIpc) is 3.04. The zero-order chi connectivity index (χ0) is 15.0. The lowest BCUT2D eigenvalue weighted by molar-refractivity contribution is 0.103. The van der Waals surface area contributed by atoms with Gasteiger partial charge >= 0.3 is 0 Å². The molecule has 2 aromatic rings. The van der Waals surface area contributed by atoms with E-state index in [1.807, 2.05) is 13.0 Å². The zero-order valence-corrected chi connectivity index (χ0v) is 12.0. The number of hydrogen-bond acceptors (Lipinski definition) is 4. The lowest BCUT2D eigenvalue weighted by Crippen LogP contribution is -2.09. The lowest BCUT2D eigenvalue weighted by atomic mass is 10.1. The Hall–Kier alpha value is -1.97. The molecule has 0 amide bonds. The van der Waals surface area contributed by atoms with Crippen LogP contribution in [0.25, 0.3) is 5.82 Å². The Labute approximate surface area is 125 Å². The van der Waals surface area contributed by atoms with Crippen molar-refractivity contribution in [3.63, 3.8) is 0 Å². The number of pyridine rings is 1. The molecule has 3 heterocycles. The Bertz CT molecular complexity index is 724. The summed E-state index contributed by atoms with van der Waals surface area (Å²) in [4.78, 5) is 4.28. The third-order valence-corrected chi connectivity index (χ3v) is 3.58. The number of alkyl halides is 1. The Morgan fingerprint density at radius 3 is 2.95 bits per heavy atom. The first-order valence-corrected chi connectivity index (χ1v) is 6.85. The first-order valence-electron chi connectivity index (χ1n) is 6.47. The van der Waals surface area contributed by atoms with Crippen LogP contribution in [0.5, 0.6) is 0 Å². The van der Waals surface area contributed by atoms with Crippen molar-refractivity contribution in [1.82, 2.24) is 14.8 Å². The summed E-state index contributed by atoms with van der Waals surface area (Å²) in [6.07, 6.45) is -1.08. The fourth-order valence-electron chi connectivity index (χ4n) is 2.41. The molecule has 3 rings (SSSR count). The van der Waals surface area contributed by atoms with Gasteiger partial charge in [-0.25, -0.2) is 14.1 Å². The molecule has 5 nitrogen and oxygen atoms in total. The van der Waals surface area contributed by atoms with Crippen LogP contribution >= 0.6 is 11.6 Å². The van der Waals surface area contributed by atoms with Gasteiger partial charge in [-0.2, -0.15) is 10.4 Å². The molecular weight excluding hydrogens is 295 g/mol. The van der Waals surface area contributed by atoms with Crippen LogP contribution < -0.4 is 0 Å². The number of ether oxygens (including phenoxy) is 1. The van der Waals surface area contributed by atoms with Gasteiger partial charge < -0.3 is 4.74 Å². The third kappa shape index (κ3) is 2.62. The minimum Gasteiger partial charge on any atom is -0.370 e. The molecule has 1 saturated heterocycles. The van der Waals surface area contributed by atoms with Crippen molar-refractivity contribution in [1.29, 1.82) is 5.26 Å². The van der Waals surface area contributed by atoms with Crippen molar-refractivity contribution in [2.75, 3.05) is 6.61 Å². The van der Waals surface area contributed by atoms with Crippen molar-refractivity contribution in [3.8, 4) is 11.9 Å². The molecule has 0 spiro atoms. The van der Waals surface area contributed by atoms with Crippen molar-refractivity contribution >= 4 is 11.6 Å². The summed E-state index contributed by atoms with van der Waals surface area (Å²) in [7, 11) is 0. The molecule has 108 valence electrons. The van der Waals surface area contributed by atoms with Gasteiger partial charge in [0.05, 0.1) is 12.7 Å². The highest BCUT2D eigenvalue weighted by Crippen LogP contribution is 2.34. The second-order valence-corrected chi connectivity index (χ2v) is 5.28. The van der Waals surface area contributed by atoms with Crippen LogP contribution in [-0.2, 0) is 4.74 Å². The largest absolute Gasteiger partial charge is 0.370 e. The van der Waals surface area contributed by atoms with Gasteiger partial charge in [-0.3, -0.25) is 0 Å². The molecule has 0 N–H and O–H groups in total. The van der Waals surface area contributed by atoms with Crippen LogP contribution in [0, 0.1) is 18.3 Å². The molecule has 2 atom stereocenters. The normalized spacial score (nSPS) is 21.4. The van der Waals surface area contributed by atoms with Gasteiger partial charge in [0.2, 0.25) is 0 Å². The summed E-state index contributed by atoms with van der Waals surface area (Å²) in [5, 5.41) is 13.4. The minimum absolute atomic E-state index is 0.0776. The summed E-state index contributed by atoms with van der Waals surface area (Å²) in [5.74, 6) is 0.473. The Morgan fingerprint density at radius 1 is 1.52 bits per heavy atom. The van der Waals surface area contributed by atoms with Crippen LogP contribution in [0.4, 0.5) is 4.39 Å². The van der Waals surface area contributed by atoms with E-state index < -0.39 is 6.17 Å². The molecule has 1 aliphatic heterocycles. The van der Waals surface area contributed by atoms with Crippen LogP contribution in [0.15, 0.2) is 18.2 Å². The topological polar surface area (TPSA) is 63.7 Å². The number of nitrogens with zero attached hydrogens (tertiary/aromatic N) is 4. The molecule has 0 aliphatic carbocycles. The van der Waals surface area contributed by atoms with E-state index in [4.69, 9.17) is 21.6 Å². The van der Waals surface area contributed by atoms with Crippen LogP contribution in [0.1, 0.15) is 29.5 Å². The highest BCUT2D eigenvalue weighted by Gasteiger charge is 2.29. The first-order chi connectivity index (χ1) is 10.1. The van der Waals surface area contributed by atoms with E-state index >= 15 is 0 Å². The maximum Gasteiger partial charge on any atom is 0.163 e. The van der Waals surface area contributed by atoms with Gasteiger partial charge in [0.25, 0.3) is 0 Å². The fraction of sp³-hybridized carbons (Fsp3) is 0.357. The molecule has 1 aliphatic rings. The van der Waals surface area contributed by atoms with Gasteiger partial charge in [-0.05, 0) is 25.1 Å². The van der Waals surface area contributed by atoms with E-state index in [9.17, 15) is 4.39 Å². The van der Waals surface area contributed by atoms with Gasteiger partial charge in [0.15, 0.2) is 11.5 Å². The summed E-state index contributed by atoms with van der Waals surface area (Å²) in [6, 6.07) is 7.04. The van der Waals surface area contributed by atoms with E-state index in [0.717, 1.165) is 11.3 Å². The maximum absolute atomic E-state index is 13.4. The summed E-state index contributed by atoms with van der Waals surface area (Å²) >= 11 is 5.96. The van der Waals surface area contributed by atoms with Crippen LogP contribution in [-0.4, -0.2) is 27.5 Å². The molecule has 0 unspecified atom stereocenters. The van der Waals surface area contributed by atoms with Crippen molar-refractivity contribution < 1.29 is 9.13 Å². The SMILES string of the molecule is Cc1cc(C#N)nn1-c1nc(Cl)ccc1[C@H]1C[C@@H](F)CO1. The first kappa shape index (κ1) is 14.0. The smallest absolute Gasteiger partial charge is 0.163 e. The monoisotopic (exact) mass is 306 g/mol. The quantitative estimate of drug-likeness (QED) is 0.800. The zero-order valence-electron chi connectivity index (χ0n) is 11.3. The summed E-state index contributed by atoms with van der Waals surface area (Å²) < 4.78 is 20.4. The third-order valence-electron chi connectivity index (χ3n) is 3.37. The van der Waals surface area contributed by atoms with E-state index in [1.165, 1.54) is 4.68 Å². The number of halogens is 2. The molecule has 0 saturated carbocycles. The fourth-order valence-corrected chi connectivity index (χ4v) is 2.55. The number of aryl methyl sites for hydroxylation is 1. The van der Waals surface area contributed by atoms with E-state index in [0.29, 0.717) is 11.0 Å². The Balaban J connectivity index is 2.10. The van der Waals surface area contributed by atoms with E-state index in [2.05, 4.69) is 10.1 Å². The molecule has 7 heteroatoms. The second kappa shape index (κ2) is 5.43. The molecule has 0 bridgehead atoms. The van der Waals surface area contributed by atoms with Gasteiger partial charge in [-0.1, -0.05) is 11.6 Å². The molecule has 0 aromatic carbocycles. The minimum atomic E-state index is -0.980. The average molecular weight is 307 g/mol. The van der Waals surface area contributed by atoms with E-state index in [-0.39, 0.29) is 24.8 Å². The molecular formula is C14H12ClFN4O. The standard InChI is InChI=1S/C14H12ClFN4O/c1-8-4-10(6-17)19-20(8)14-11(2-3-13(15)18-14)12-5-9(16)7-21-12/h2-4,9,12H,5,7H2,1H3/t9-,12-/m1/s1. The highest BCUT2D eigenvalue weighted by atomic mass is 35.5. The predicted octanol–water partition coefficient (Wildman–Crippen LogP) is 2.90. The highest BCUT2D eigenvalue weighted by molar-refractivity contribution is 6.29. The molecule has 21 heavy (non-hydrogen) atoms. The van der Waals surface area contributed by atoms with Crippen LogP contribution in [0.3, 0.4) is 0 Å². The van der Waals surface area contributed by atoms with Crippen molar-refractivity contribution in [2.45, 2.75) is 25.6 Å². The summed E-state index contributed by atoms with van der Waals surface area (Å²) in [6.45, 7) is 1.89. The second-order valence-electron chi connectivity index (χ2n) is 4.90. The van der Waals surface area contributed by atoms with Gasteiger partial charge in [-0.15, -0.1) is 0 Å². The van der Waals surface area contributed by atoms with Gasteiger partial charge in [0, 0.05) is 17.7 Å². The van der Waals surface area contributed by atoms with E-state index in [1.54, 1.807) is 18.2 Å². The Morgan fingerprint density at radius 2 is 2.33 bits per heavy atom. The maximum atomic E-state index is 13.4. The molecule has 1 fully saturated rings. The van der Waals surface area contributed by atoms with Crippen LogP contribution in [0.2, 0.25) is 5.15 Å². The lowest BCUT2D eigenvalue weighted by Gasteiger charge is -2.15. The summed E-state index contributed by atoms with van der Waals surface area (Å²) in [5.41, 5.74) is 1.75. The van der Waals surface area contributed by atoms with Crippen molar-refractivity contribution in [2.24, 2.45) is 0 Å². The number of hydrogen-bond donors (Lipinski definition) is 0. The molecule has 2 aromatic heterocycles. The number of nitriles is 1. The van der Waals surface area contributed by atoms with Gasteiger partial charge in [0.1, 0.15) is 17.4 Å². The number of rotatable bonds is 2. The van der Waals surface area contributed by atoms with Crippen molar-refractivity contribution in [3.05, 3.63) is 40.3 Å². The Kier molecular flexibility index (Phi) is 3.62. The molecule has 0 radical (unpaired) electrons. The predicted molar refractivity (Wildman–Crippen MR) is 74.0 cm³/mol. The number of aromatic nitrogens is 3.